The minimum absolute atomic E-state index is 0.200. The zero-order valence-corrected chi connectivity index (χ0v) is 17.5. The van der Waals surface area contributed by atoms with E-state index in [0.29, 0.717) is 5.56 Å². The van der Waals surface area contributed by atoms with Gasteiger partial charge in [-0.15, -0.1) is 0 Å². The normalized spacial score (nSPS) is 12.6. The molecular weight excluding hydrogens is 412 g/mol. The second-order valence-electron chi connectivity index (χ2n) is 6.86. The van der Waals surface area contributed by atoms with Gasteiger partial charge >= 0.3 is 5.97 Å². The number of esters is 1. The first-order valence-electron chi connectivity index (χ1n) is 9.03. The van der Waals surface area contributed by atoms with Gasteiger partial charge in [0.25, 0.3) is 5.69 Å². The minimum atomic E-state index is -4.14. The smallest absolute Gasteiger partial charge is 0.325 e. The van der Waals surface area contributed by atoms with Crippen LogP contribution in [0, 0.1) is 16.0 Å². The Morgan fingerprint density at radius 1 is 1.07 bits per heavy atom. The van der Waals surface area contributed by atoms with E-state index in [0.717, 1.165) is 28.6 Å². The maximum Gasteiger partial charge on any atom is 0.325 e. The predicted molar refractivity (Wildman–Crippen MR) is 108 cm³/mol. The molecule has 9 nitrogen and oxygen atoms in total. The molecule has 30 heavy (non-hydrogen) atoms. The van der Waals surface area contributed by atoms with E-state index >= 15 is 0 Å². The highest BCUT2D eigenvalue weighted by atomic mass is 32.2. The SMILES string of the molecule is CC(C)[C@@H](C(=O)OCC(=O)c1ccccc1)N(C)S(=O)(=O)c1ccc([N+](=O)[O-])cc1. The molecule has 0 radical (unpaired) electrons. The van der Waals surface area contributed by atoms with Crippen LogP contribution < -0.4 is 0 Å². The van der Waals surface area contributed by atoms with Gasteiger partial charge in [0, 0.05) is 24.7 Å². The van der Waals surface area contributed by atoms with Gasteiger partial charge in [-0.3, -0.25) is 19.7 Å². The van der Waals surface area contributed by atoms with E-state index in [1.165, 1.54) is 7.05 Å². The number of rotatable bonds is 9. The Morgan fingerprint density at radius 2 is 1.63 bits per heavy atom. The number of benzene rings is 2. The number of nitrogens with zero attached hydrogens (tertiary/aromatic N) is 2. The predicted octanol–water partition coefficient (Wildman–Crippen LogP) is 2.67. The number of likely N-dealkylation sites (N-methyl/N-ethyl adjacent to an activating group) is 1. The first kappa shape index (κ1) is 23.2. The van der Waals surface area contributed by atoms with Gasteiger partial charge in [-0.2, -0.15) is 4.31 Å². The molecular formula is C20H22N2O7S. The molecule has 0 saturated heterocycles. The monoisotopic (exact) mass is 434 g/mol. The van der Waals surface area contributed by atoms with E-state index in [1.54, 1.807) is 44.2 Å². The summed E-state index contributed by atoms with van der Waals surface area (Å²) in [5, 5.41) is 10.8. The first-order valence-corrected chi connectivity index (χ1v) is 10.5. The number of hydrogen-bond acceptors (Lipinski definition) is 7. The van der Waals surface area contributed by atoms with Gasteiger partial charge < -0.3 is 4.74 Å². The molecule has 0 aliphatic heterocycles. The molecule has 0 saturated carbocycles. The summed E-state index contributed by atoms with van der Waals surface area (Å²) in [5.74, 6) is -1.73. The molecule has 0 N–H and O–H groups in total. The summed E-state index contributed by atoms with van der Waals surface area (Å²) >= 11 is 0. The Kier molecular flexibility index (Phi) is 7.41. The lowest BCUT2D eigenvalue weighted by Gasteiger charge is -2.28. The second kappa shape index (κ2) is 9.59. The molecule has 0 aliphatic carbocycles. The zero-order valence-electron chi connectivity index (χ0n) is 16.7. The third-order valence-corrected chi connectivity index (χ3v) is 6.28. The maximum atomic E-state index is 12.9. The maximum absolute atomic E-state index is 12.9. The standard InChI is InChI=1S/C20H22N2O7S/c1-14(2)19(20(24)29-13-18(23)15-7-5-4-6-8-15)21(3)30(27,28)17-11-9-16(10-12-17)22(25)26/h4-12,14,19H,13H2,1-3H3/t19-/m0/s1. The van der Waals surface area contributed by atoms with Crippen LogP contribution in [0.2, 0.25) is 0 Å². The topological polar surface area (TPSA) is 124 Å². The van der Waals surface area contributed by atoms with Crippen LogP contribution in [-0.2, 0) is 19.6 Å². The molecule has 0 amide bonds. The summed E-state index contributed by atoms with van der Waals surface area (Å²) in [5.41, 5.74) is 0.120. The molecule has 160 valence electrons. The van der Waals surface area contributed by atoms with Crippen LogP contribution in [0.1, 0.15) is 24.2 Å². The largest absolute Gasteiger partial charge is 0.456 e. The highest BCUT2D eigenvalue weighted by Gasteiger charge is 2.36. The second-order valence-corrected chi connectivity index (χ2v) is 8.86. The first-order chi connectivity index (χ1) is 14.1. The van der Waals surface area contributed by atoms with Gasteiger partial charge in [0.15, 0.2) is 12.4 Å². The van der Waals surface area contributed by atoms with Crippen molar-refractivity contribution in [3.05, 3.63) is 70.3 Å². The van der Waals surface area contributed by atoms with Crippen molar-refractivity contribution in [2.24, 2.45) is 5.92 Å². The molecule has 1 atom stereocenters. The third kappa shape index (κ3) is 5.28. The Labute approximate surface area is 174 Å². The van der Waals surface area contributed by atoms with Gasteiger partial charge in [0.1, 0.15) is 6.04 Å². The van der Waals surface area contributed by atoms with E-state index < -0.39 is 45.3 Å². The van der Waals surface area contributed by atoms with Crippen molar-refractivity contribution in [1.82, 2.24) is 4.31 Å². The van der Waals surface area contributed by atoms with Gasteiger partial charge in [-0.1, -0.05) is 44.2 Å². The molecule has 0 spiro atoms. The van der Waals surface area contributed by atoms with Gasteiger partial charge in [-0.05, 0) is 18.1 Å². The fraction of sp³-hybridized carbons (Fsp3) is 0.300. The Hall–Kier alpha value is -3.11. The molecule has 2 aromatic carbocycles. The molecule has 10 heteroatoms. The fourth-order valence-corrected chi connectivity index (χ4v) is 4.27. The number of nitro groups is 1. The number of hydrogen-bond donors (Lipinski definition) is 0. The van der Waals surface area contributed by atoms with E-state index in [4.69, 9.17) is 4.74 Å². The van der Waals surface area contributed by atoms with Crippen molar-refractivity contribution >= 4 is 27.5 Å². The van der Waals surface area contributed by atoms with Crippen LogP contribution in [0.5, 0.6) is 0 Å². The molecule has 0 aliphatic rings. The Bertz CT molecular complexity index is 1020. The zero-order chi connectivity index (χ0) is 22.5. The van der Waals surface area contributed by atoms with Crippen LogP contribution in [0.25, 0.3) is 0 Å². The van der Waals surface area contributed by atoms with Crippen LogP contribution in [0.4, 0.5) is 5.69 Å². The highest BCUT2D eigenvalue weighted by Crippen LogP contribution is 2.23. The molecule has 2 rings (SSSR count). The Morgan fingerprint density at radius 3 is 2.13 bits per heavy atom. The van der Waals surface area contributed by atoms with Crippen molar-refractivity contribution in [3.8, 4) is 0 Å². The molecule has 0 aromatic heterocycles. The lowest BCUT2D eigenvalue weighted by Crippen LogP contribution is -2.46. The summed E-state index contributed by atoms with van der Waals surface area (Å²) in [4.78, 5) is 34.7. The van der Waals surface area contributed by atoms with E-state index in [2.05, 4.69) is 0 Å². The number of non-ortho nitro benzene ring substituents is 1. The van der Waals surface area contributed by atoms with Crippen molar-refractivity contribution in [3.63, 3.8) is 0 Å². The van der Waals surface area contributed by atoms with Gasteiger partial charge in [0.05, 0.1) is 9.82 Å². The molecule has 0 heterocycles. The van der Waals surface area contributed by atoms with Gasteiger partial charge in [-0.25, -0.2) is 8.42 Å². The van der Waals surface area contributed by atoms with Gasteiger partial charge in [0.2, 0.25) is 10.0 Å². The fourth-order valence-electron chi connectivity index (χ4n) is 2.83. The highest BCUT2D eigenvalue weighted by molar-refractivity contribution is 7.89. The minimum Gasteiger partial charge on any atom is -0.456 e. The van der Waals surface area contributed by atoms with Crippen molar-refractivity contribution in [2.45, 2.75) is 24.8 Å². The summed E-state index contributed by atoms with van der Waals surface area (Å²) < 4.78 is 31.8. The number of ketones is 1. The number of Topliss-reactive ketones (excluding diaryl/α,β-unsaturated/α-hetero) is 1. The number of ether oxygens (including phenoxy) is 1. The quantitative estimate of drug-likeness (QED) is 0.257. The van der Waals surface area contributed by atoms with Crippen molar-refractivity contribution in [2.75, 3.05) is 13.7 Å². The summed E-state index contributed by atoms with van der Waals surface area (Å²) in [7, 11) is -2.91. The van der Waals surface area contributed by atoms with E-state index in [9.17, 15) is 28.1 Å². The third-order valence-electron chi connectivity index (χ3n) is 4.43. The van der Waals surface area contributed by atoms with Crippen molar-refractivity contribution < 1.29 is 27.7 Å². The van der Waals surface area contributed by atoms with E-state index in [1.807, 2.05) is 0 Å². The molecule has 0 unspecified atom stereocenters. The van der Waals surface area contributed by atoms with E-state index in [-0.39, 0.29) is 10.6 Å². The Balaban J connectivity index is 2.18. The average molecular weight is 434 g/mol. The summed E-state index contributed by atoms with van der Waals surface area (Å²) in [6.45, 7) is 2.77. The lowest BCUT2D eigenvalue weighted by molar-refractivity contribution is -0.384. The molecule has 0 fully saturated rings. The van der Waals surface area contributed by atoms with Crippen LogP contribution in [-0.4, -0.2) is 49.1 Å². The number of carbonyl (C=O) groups is 2. The number of carbonyl (C=O) groups excluding carboxylic acids is 2. The molecule has 2 aromatic rings. The lowest BCUT2D eigenvalue weighted by atomic mass is 10.1. The van der Waals surface area contributed by atoms with Crippen molar-refractivity contribution in [1.29, 1.82) is 0 Å². The number of nitro benzene ring substituents is 1. The molecule has 0 bridgehead atoms. The van der Waals surface area contributed by atoms with Crippen LogP contribution >= 0.6 is 0 Å². The van der Waals surface area contributed by atoms with Crippen LogP contribution in [0.3, 0.4) is 0 Å². The average Bonchev–Trinajstić information content (AvgIpc) is 2.72. The van der Waals surface area contributed by atoms with Crippen LogP contribution in [0.15, 0.2) is 59.5 Å². The summed E-state index contributed by atoms with van der Waals surface area (Å²) in [6, 6.07) is 11.4. The summed E-state index contributed by atoms with van der Waals surface area (Å²) in [6.07, 6.45) is 0. The number of sulfonamides is 1.